The van der Waals surface area contributed by atoms with E-state index in [1.165, 1.54) is 109 Å². The summed E-state index contributed by atoms with van der Waals surface area (Å²) >= 11 is 0. The number of hydrogen-bond acceptors (Lipinski definition) is 0. The van der Waals surface area contributed by atoms with Gasteiger partial charge in [-0.2, -0.15) is 0 Å². The summed E-state index contributed by atoms with van der Waals surface area (Å²) in [5.41, 5.74) is 0. The van der Waals surface area contributed by atoms with Gasteiger partial charge in [-0.05, 0) is 38.5 Å². The second kappa shape index (κ2) is 17.0. The first-order valence-electron chi connectivity index (χ1n) is 13.3. The minimum atomic E-state index is 1.14. The Kier molecular flexibility index (Phi) is 14.1. The second-order valence-corrected chi connectivity index (χ2v) is 9.51. The molecule has 0 atom stereocenters. The summed E-state index contributed by atoms with van der Waals surface area (Å²) < 4.78 is 9.14. The van der Waals surface area contributed by atoms with E-state index in [0.717, 1.165) is 13.1 Å². The molecule has 0 spiro atoms. The molecule has 0 amide bonds. The summed E-state index contributed by atoms with van der Waals surface area (Å²) in [6.45, 7) is 5.77. The molecule has 0 fully saturated rings. The molecule has 0 unspecified atom stereocenters. The third-order valence-corrected chi connectivity index (χ3v) is 6.42. The summed E-state index contributed by atoms with van der Waals surface area (Å²) in [4.78, 5) is 0. The Morgan fingerprint density at radius 3 is 1.58 bits per heavy atom. The Morgan fingerprint density at radius 2 is 1.03 bits per heavy atom. The number of unbranched alkanes of at least 4 members (excludes halogenated alkanes) is 14. The minimum Gasteiger partial charge on any atom is -0.240 e. The van der Waals surface area contributed by atoms with Gasteiger partial charge in [0.25, 0.3) is 0 Å². The van der Waals surface area contributed by atoms with Gasteiger partial charge in [0.15, 0.2) is 0 Å². The van der Waals surface area contributed by atoms with Crippen LogP contribution in [0.25, 0.3) is 0 Å². The zero-order valence-electron chi connectivity index (χ0n) is 20.7. The van der Waals surface area contributed by atoms with Gasteiger partial charge >= 0.3 is 0 Å². The molecule has 0 saturated carbocycles. The Hall–Kier alpha value is -1.58. The highest BCUT2D eigenvalue weighted by molar-refractivity contribution is 4.67. The van der Waals surface area contributed by atoms with Gasteiger partial charge in [-0.15, -0.1) is 0 Å². The van der Waals surface area contributed by atoms with Crippen molar-refractivity contribution in [3.8, 4) is 0 Å². The molecule has 2 aromatic heterocycles. The van der Waals surface area contributed by atoms with Crippen LogP contribution in [0.4, 0.5) is 0 Å². The van der Waals surface area contributed by atoms with E-state index in [-0.39, 0.29) is 0 Å². The summed E-state index contributed by atoms with van der Waals surface area (Å²) in [5, 5.41) is 0. The van der Waals surface area contributed by atoms with Crippen molar-refractivity contribution in [2.75, 3.05) is 0 Å². The lowest BCUT2D eigenvalue weighted by molar-refractivity contribution is -0.696. The lowest BCUT2D eigenvalue weighted by atomic mass is 10.1. The highest BCUT2D eigenvalue weighted by Crippen LogP contribution is 2.12. The Bertz CT molecular complexity index is 658. The summed E-state index contributed by atoms with van der Waals surface area (Å²) in [6.07, 6.45) is 35.5. The smallest absolute Gasteiger partial charge is 0.240 e. The first-order chi connectivity index (χ1) is 15.3. The molecular formula is C27H50N4+2. The molecule has 0 saturated heterocycles. The standard InChI is InChI=1S/C27H50N4/c1-3-4-5-6-7-8-9-10-11-12-13-16-20-30-24-25-31(27-30)21-18-15-14-17-19-29-23-22-28(2)26-29/h22-27H,3-21H2,1-2H3/q+2. The van der Waals surface area contributed by atoms with Gasteiger partial charge in [0.1, 0.15) is 24.8 Å². The predicted octanol–water partition coefficient (Wildman–Crippen LogP) is 6.36. The second-order valence-electron chi connectivity index (χ2n) is 9.51. The lowest BCUT2D eigenvalue weighted by Gasteiger charge is -2.02. The summed E-state index contributed by atoms with van der Waals surface area (Å²) in [7, 11) is 2.08. The van der Waals surface area contributed by atoms with Gasteiger partial charge in [-0.25, -0.2) is 18.3 Å². The van der Waals surface area contributed by atoms with Crippen LogP contribution < -0.4 is 9.13 Å². The van der Waals surface area contributed by atoms with Crippen LogP contribution in [0.15, 0.2) is 37.4 Å². The van der Waals surface area contributed by atoms with E-state index in [9.17, 15) is 0 Å². The van der Waals surface area contributed by atoms with Crippen LogP contribution in [0.2, 0.25) is 0 Å². The van der Waals surface area contributed by atoms with E-state index in [1.807, 2.05) is 0 Å². The first-order valence-corrected chi connectivity index (χ1v) is 13.3. The van der Waals surface area contributed by atoms with Crippen LogP contribution in [-0.4, -0.2) is 9.13 Å². The molecule has 0 radical (unpaired) electrons. The highest BCUT2D eigenvalue weighted by Gasteiger charge is 2.04. The van der Waals surface area contributed by atoms with Gasteiger partial charge in [-0.1, -0.05) is 71.1 Å². The average Bonchev–Trinajstić information content (AvgIpc) is 3.40. The van der Waals surface area contributed by atoms with E-state index < -0.39 is 0 Å². The molecule has 31 heavy (non-hydrogen) atoms. The fourth-order valence-electron chi connectivity index (χ4n) is 4.41. The molecule has 0 aliphatic heterocycles. The van der Waals surface area contributed by atoms with Crippen molar-refractivity contribution >= 4 is 0 Å². The van der Waals surface area contributed by atoms with Crippen LogP contribution in [0, 0.1) is 0 Å². The van der Waals surface area contributed by atoms with E-state index in [1.54, 1.807) is 0 Å². The van der Waals surface area contributed by atoms with Gasteiger partial charge in [0.05, 0.1) is 26.7 Å². The van der Waals surface area contributed by atoms with Gasteiger partial charge in [0, 0.05) is 0 Å². The van der Waals surface area contributed by atoms with Crippen molar-refractivity contribution in [1.29, 1.82) is 0 Å². The molecule has 4 nitrogen and oxygen atoms in total. The molecule has 2 aromatic rings. The van der Waals surface area contributed by atoms with Crippen molar-refractivity contribution in [3.63, 3.8) is 0 Å². The Balaban J connectivity index is 1.37. The van der Waals surface area contributed by atoms with Gasteiger partial charge in [-0.3, -0.25) is 0 Å². The third kappa shape index (κ3) is 12.8. The molecule has 2 rings (SSSR count). The quantitative estimate of drug-likeness (QED) is 0.172. The molecule has 176 valence electrons. The number of hydrogen-bond donors (Lipinski definition) is 0. The minimum absolute atomic E-state index is 1.14. The van der Waals surface area contributed by atoms with Crippen molar-refractivity contribution in [3.05, 3.63) is 37.4 Å². The lowest BCUT2D eigenvalue weighted by Crippen LogP contribution is -2.30. The maximum atomic E-state index is 2.38. The van der Waals surface area contributed by atoms with E-state index in [4.69, 9.17) is 0 Å². The normalized spacial score (nSPS) is 11.4. The van der Waals surface area contributed by atoms with Crippen LogP contribution >= 0.6 is 0 Å². The van der Waals surface area contributed by atoms with E-state index in [2.05, 4.69) is 69.7 Å². The van der Waals surface area contributed by atoms with Crippen molar-refractivity contribution < 1.29 is 9.13 Å². The van der Waals surface area contributed by atoms with Crippen LogP contribution in [-0.2, 0) is 26.7 Å². The first kappa shape index (κ1) is 25.7. The summed E-state index contributed by atoms with van der Waals surface area (Å²) in [6, 6.07) is 0. The largest absolute Gasteiger partial charge is 0.243 e. The number of nitrogens with zero attached hydrogens (tertiary/aromatic N) is 4. The topological polar surface area (TPSA) is 17.6 Å². The highest BCUT2D eigenvalue weighted by atomic mass is 15.1. The molecular weight excluding hydrogens is 380 g/mol. The maximum absolute atomic E-state index is 2.38. The average molecular weight is 431 g/mol. The molecule has 2 heterocycles. The number of aromatic nitrogens is 4. The monoisotopic (exact) mass is 430 g/mol. The predicted molar refractivity (Wildman–Crippen MR) is 130 cm³/mol. The van der Waals surface area contributed by atoms with Gasteiger partial charge < -0.3 is 0 Å². The number of rotatable bonds is 20. The van der Waals surface area contributed by atoms with Crippen molar-refractivity contribution in [2.45, 2.75) is 129 Å². The zero-order valence-corrected chi connectivity index (χ0v) is 20.7. The Labute approximate surface area is 192 Å². The molecule has 0 aliphatic carbocycles. The van der Waals surface area contributed by atoms with Crippen LogP contribution in [0.1, 0.15) is 110 Å². The van der Waals surface area contributed by atoms with Crippen LogP contribution in [0.5, 0.6) is 0 Å². The van der Waals surface area contributed by atoms with E-state index in [0.29, 0.717) is 0 Å². The maximum Gasteiger partial charge on any atom is 0.243 e. The molecule has 0 aliphatic rings. The zero-order chi connectivity index (χ0) is 22.0. The third-order valence-electron chi connectivity index (χ3n) is 6.42. The van der Waals surface area contributed by atoms with Crippen molar-refractivity contribution in [1.82, 2.24) is 9.13 Å². The molecule has 0 bridgehead atoms. The fraction of sp³-hybridized carbons (Fsp3) is 0.778. The van der Waals surface area contributed by atoms with Crippen LogP contribution in [0.3, 0.4) is 0 Å². The van der Waals surface area contributed by atoms with Gasteiger partial charge in [0.2, 0.25) is 12.7 Å². The Morgan fingerprint density at radius 1 is 0.548 bits per heavy atom. The number of imidazole rings is 2. The fourth-order valence-corrected chi connectivity index (χ4v) is 4.41. The molecule has 0 N–H and O–H groups in total. The molecule has 0 aromatic carbocycles. The SMILES string of the molecule is CCCCCCCCCCCCCC[n+]1ccn(CCCCCCn2cc[n+](C)c2)c1. The molecule has 4 heteroatoms. The van der Waals surface area contributed by atoms with Crippen molar-refractivity contribution in [2.24, 2.45) is 7.05 Å². The number of aryl methyl sites for hydroxylation is 4. The van der Waals surface area contributed by atoms with E-state index >= 15 is 0 Å². The summed E-state index contributed by atoms with van der Waals surface area (Å²) in [5.74, 6) is 0.